The molecule has 0 radical (unpaired) electrons. The summed E-state index contributed by atoms with van der Waals surface area (Å²) in [5.74, 6) is 2.95. The monoisotopic (exact) mass is 328 g/mol. The number of hydrogen-bond acceptors (Lipinski definition) is 4. The van der Waals surface area contributed by atoms with Gasteiger partial charge < -0.3 is 14.6 Å². The molecule has 3 nitrogen and oxygen atoms in total. The van der Waals surface area contributed by atoms with Crippen LogP contribution in [0.25, 0.3) is 0 Å². The quantitative estimate of drug-likeness (QED) is 0.915. The van der Waals surface area contributed by atoms with Gasteiger partial charge in [0.05, 0.1) is 23.3 Å². The Morgan fingerprint density at radius 2 is 2.38 bits per heavy atom. The van der Waals surface area contributed by atoms with Crippen molar-refractivity contribution in [1.29, 1.82) is 0 Å². The van der Waals surface area contributed by atoms with E-state index in [0.717, 1.165) is 37.2 Å². The highest BCUT2D eigenvalue weighted by Gasteiger charge is 2.41. The topological polar surface area (TPSA) is 38.7 Å². The lowest BCUT2D eigenvalue weighted by atomic mass is 9.91. The molecule has 2 saturated heterocycles. The van der Waals surface area contributed by atoms with Crippen molar-refractivity contribution in [3.63, 3.8) is 0 Å². The highest BCUT2D eigenvalue weighted by molar-refractivity contribution is 7.99. The molecule has 2 aliphatic heterocycles. The van der Waals surface area contributed by atoms with Crippen LogP contribution in [0, 0.1) is 0 Å². The fourth-order valence-corrected chi connectivity index (χ4v) is 4.61. The van der Waals surface area contributed by atoms with Crippen molar-refractivity contribution in [2.45, 2.75) is 44.0 Å². The van der Waals surface area contributed by atoms with Crippen LogP contribution in [-0.2, 0) is 4.74 Å². The number of thioether (sulfide) groups is 1. The van der Waals surface area contributed by atoms with E-state index < -0.39 is 6.10 Å². The van der Waals surface area contributed by atoms with Gasteiger partial charge in [-0.15, -0.1) is 0 Å². The second-order valence-corrected chi connectivity index (χ2v) is 7.44. The minimum Gasteiger partial charge on any atom is -0.489 e. The zero-order valence-corrected chi connectivity index (χ0v) is 13.8. The van der Waals surface area contributed by atoms with E-state index in [0.29, 0.717) is 10.8 Å². The van der Waals surface area contributed by atoms with E-state index in [1.54, 1.807) is 13.0 Å². The highest BCUT2D eigenvalue weighted by atomic mass is 35.5. The van der Waals surface area contributed by atoms with Crippen molar-refractivity contribution in [2.75, 3.05) is 18.1 Å². The Labute approximate surface area is 135 Å². The average molecular weight is 329 g/mol. The van der Waals surface area contributed by atoms with Gasteiger partial charge in [-0.3, -0.25) is 0 Å². The van der Waals surface area contributed by atoms with Crippen molar-refractivity contribution >= 4 is 23.4 Å². The summed E-state index contributed by atoms with van der Waals surface area (Å²) in [5.41, 5.74) is 0.822. The van der Waals surface area contributed by atoms with Crippen LogP contribution in [0.3, 0.4) is 0 Å². The summed E-state index contributed by atoms with van der Waals surface area (Å²) in [4.78, 5) is 0. The minimum absolute atomic E-state index is 0.0135. The van der Waals surface area contributed by atoms with Gasteiger partial charge in [0, 0.05) is 18.6 Å². The molecule has 1 N–H and O–H groups in total. The molecule has 0 amide bonds. The third kappa shape index (κ3) is 3.50. The first-order chi connectivity index (χ1) is 10.1. The van der Waals surface area contributed by atoms with E-state index in [1.165, 1.54) is 5.75 Å². The fraction of sp³-hybridized carbons (Fsp3) is 0.625. The number of benzene rings is 1. The Kier molecular flexibility index (Phi) is 4.69. The zero-order valence-electron chi connectivity index (χ0n) is 12.2. The van der Waals surface area contributed by atoms with Crippen molar-refractivity contribution in [1.82, 2.24) is 0 Å². The van der Waals surface area contributed by atoms with Crippen LogP contribution in [0.1, 0.15) is 37.9 Å². The molecule has 0 bridgehead atoms. The largest absolute Gasteiger partial charge is 0.489 e. The molecule has 0 aromatic heterocycles. The first kappa shape index (κ1) is 15.5. The van der Waals surface area contributed by atoms with E-state index in [1.807, 2.05) is 23.9 Å². The number of halogens is 1. The van der Waals surface area contributed by atoms with Crippen molar-refractivity contribution in [3.8, 4) is 5.75 Å². The molecule has 2 heterocycles. The van der Waals surface area contributed by atoms with E-state index >= 15 is 0 Å². The second-order valence-electron chi connectivity index (χ2n) is 5.93. The maximum Gasteiger partial charge on any atom is 0.138 e. The summed E-state index contributed by atoms with van der Waals surface area (Å²) in [7, 11) is 0. The lowest BCUT2D eigenvalue weighted by Gasteiger charge is -2.37. The zero-order chi connectivity index (χ0) is 14.9. The van der Waals surface area contributed by atoms with Crippen molar-refractivity contribution < 1.29 is 14.6 Å². The molecule has 1 aromatic carbocycles. The molecular formula is C16H21ClO3S. The van der Waals surface area contributed by atoms with Gasteiger partial charge in [0.25, 0.3) is 0 Å². The Bertz CT molecular complexity index is 500. The predicted molar refractivity (Wildman–Crippen MR) is 86.4 cm³/mol. The normalized spacial score (nSPS) is 30.5. The smallest absolute Gasteiger partial charge is 0.138 e. The molecule has 2 fully saturated rings. The van der Waals surface area contributed by atoms with Crippen LogP contribution in [0.15, 0.2) is 18.2 Å². The SMILES string of the molecule is C[C@@H](O)c1ccc(OC2CCOC3(CCSC3)C2)c(Cl)c1. The summed E-state index contributed by atoms with van der Waals surface area (Å²) in [6, 6.07) is 5.50. The summed E-state index contributed by atoms with van der Waals surface area (Å²) < 4.78 is 12.1. The van der Waals surface area contributed by atoms with E-state index in [4.69, 9.17) is 21.1 Å². The molecule has 2 aliphatic rings. The first-order valence-corrected chi connectivity index (χ1v) is 8.97. The Morgan fingerprint density at radius 3 is 3.05 bits per heavy atom. The van der Waals surface area contributed by atoms with Crippen LogP contribution < -0.4 is 4.74 Å². The van der Waals surface area contributed by atoms with E-state index in [9.17, 15) is 5.11 Å². The van der Waals surface area contributed by atoms with Gasteiger partial charge in [-0.2, -0.15) is 11.8 Å². The van der Waals surface area contributed by atoms with Gasteiger partial charge in [-0.1, -0.05) is 17.7 Å². The summed E-state index contributed by atoms with van der Waals surface area (Å²) in [6.07, 6.45) is 2.60. The molecule has 3 atom stereocenters. The predicted octanol–water partition coefficient (Wildman–Crippen LogP) is 3.83. The average Bonchev–Trinajstić information content (AvgIpc) is 2.89. The van der Waals surface area contributed by atoms with Crippen LogP contribution >= 0.6 is 23.4 Å². The van der Waals surface area contributed by atoms with Crippen molar-refractivity contribution in [3.05, 3.63) is 28.8 Å². The number of aliphatic hydroxyl groups excluding tert-OH is 1. The van der Waals surface area contributed by atoms with Gasteiger partial charge in [-0.25, -0.2) is 0 Å². The fourth-order valence-electron chi connectivity index (χ4n) is 3.00. The third-order valence-electron chi connectivity index (χ3n) is 4.25. The van der Waals surface area contributed by atoms with Gasteiger partial charge in [0.15, 0.2) is 0 Å². The van der Waals surface area contributed by atoms with Gasteiger partial charge in [0.2, 0.25) is 0 Å². The van der Waals surface area contributed by atoms with Crippen LogP contribution in [0.4, 0.5) is 0 Å². The number of ether oxygens (including phenoxy) is 2. The highest BCUT2D eigenvalue weighted by Crippen LogP contribution is 2.40. The van der Waals surface area contributed by atoms with Crippen molar-refractivity contribution in [2.24, 2.45) is 0 Å². The van der Waals surface area contributed by atoms with Crippen LogP contribution in [0.5, 0.6) is 5.75 Å². The second kappa shape index (κ2) is 6.37. The molecule has 21 heavy (non-hydrogen) atoms. The molecule has 116 valence electrons. The Hall–Kier alpha value is -0.420. The lowest BCUT2D eigenvalue weighted by molar-refractivity contribution is -0.0958. The number of hydrogen-bond donors (Lipinski definition) is 1. The van der Waals surface area contributed by atoms with Crippen LogP contribution in [0.2, 0.25) is 5.02 Å². The van der Waals surface area contributed by atoms with Gasteiger partial charge >= 0.3 is 0 Å². The summed E-state index contributed by atoms with van der Waals surface area (Å²) in [5, 5.41) is 10.1. The van der Waals surface area contributed by atoms with Gasteiger partial charge in [0.1, 0.15) is 11.9 Å². The maximum atomic E-state index is 9.58. The molecule has 0 saturated carbocycles. The standard InChI is InChI=1S/C16H21ClO3S/c1-11(18)12-2-3-15(14(17)8-12)20-13-4-6-19-16(9-13)5-7-21-10-16/h2-3,8,11,13,18H,4-7,9-10H2,1H3/t11-,13?,16?/m1/s1. The molecular weight excluding hydrogens is 308 g/mol. The lowest BCUT2D eigenvalue weighted by Crippen LogP contribution is -2.43. The van der Waals surface area contributed by atoms with Gasteiger partial charge in [-0.05, 0) is 36.8 Å². The van der Waals surface area contributed by atoms with E-state index in [-0.39, 0.29) is 11.7 Å². The molecule has 1 aromatic rings. The van der Waals surface area contributed by atoms with Crippen LogP contribution in [-0.4, -0.2) is 34.9 Å². The number of rotatable bonds is 3. The molecule has 3 rings (SSSR count). The summed E-state index contributed by atoms with van der Waals surface area (Å²) in [6.45, 7) is 2.49. The molecule has 5 heteroatoms. The maximum absolute atomic E-state index is 9.58. The Balaban J connectivity index is 1.68. The Morgan fingerprint density at radius 1 is 1.52 bits per heavy atom. The first-order valence-electron chi connectivity index (χ1n) is 7.44. The third-order valence-corrected chi connectivity index (χ3v) is 5.77. The minimum atomic E-state index is -0.515. The molecule has 2 unspecified atom stereocenters. The van der Waals surface area contributed by atoms with E-state index in [2.05, 4.69) is 0 Å². The summed E-state index contributed by atoms with van der Waals surface area (Å²) >= 11 is 8.23. The number of aliphatic hydroxyl groups is 1. The molecule has 1 spiro atoms. The molecule has 0 aliphatic carbocycles.